The number of aryl methyl sites for hydroxylation is 1. The van der Waals surface area contributed by atoms with Crippen LogP contribution in [0.1, 0.15) is 11.1 Å². The smallest absolute Gasteiger partial charge is 0.234 e. The highest BCUT2D eigenvalue weighted by Gasteiger charge is 2.07. The van der Waals surface area contributed by atoms with E-state index >= 15 is 0 Å². The number of hydrogen-bond donors (Lipinski definition) is 1. The molecule has 6 heteroatoms. The predicted octanol–water partition coefficient (Wildman–Crippen LogP) is 5.42. The van der Waals surface area contributed by atoms with E-state index in [-0.39, 0.29) is 17.5 Å². The molecule has 0 heterocycles. The van der Waals surface area contributed by atoms with Gasteiger partial charge in [-0.1, -0.05) is 33.6 Å². The Labute approximate surface area is 146 Å². The predicted molar refractivity (Wildman–Crippen MR) is 95.1 cm³/mol. The molecule has 2 aromatic rings. The number of nitrogens with one attached hydrogen (secondary N) is 1. The van der Waals surface area contributed by atoms with Crippen LogP contribution in [0.2, 0.25) is 5.02 Å². The summed E-state index contributed by atoms with van der Waals surface area (Å²) in [6, 6.07) is 10.2. The zero-order chi connectivity index (χ0) is 16.1. The molecule has 0 bridgehead atoms. The first kappa shape index (κ1) is 17.3. The van der Waals surface area contributed by atoms with Gasteiger partial charge in [0.25, 0.3) is 0 Å². The third kappa shape index (κ3) is 5.00. The van der Waals surface area contributed by atoms with E-state index in [0.29, 0.717) is 16.3 Å². The van der Waals surface area contributed by atoms with E-state index in [9.17, 15) is 9.18 Å². The molecule has 0 aliphatic rings. The number of hydrogen-bond acceptors (Lipinski definition) is 2. The summed E-state index contributed by atoms with van der Waals surface area (Å²) in [4.78, 5) is 11.9. The molecule has 0 unspecified atom stereocenters. The Hall–Kier alpha value is -1.04. The first-order valence-electron chi connectivity index (χ1n) is 6.53. The lowest BCUT2D eigenvalue weighted by molar-refractivity contribution is -0.113. The van der Waals surface area contributed by atoms with Gasteiger partial charge in [0.15, 0.2) is 0 Å². The third-order valence-electron chi connectivity index (χ3n) is 2.95. The molecule has 1 amide bonds. The van der Waals surface area contributed by atoms with Gasteiger partial charge in [0.2, 0.25) is 5.91 Å². The van der Waals surface area contributed by atoms with E-state index in [2.05, 4.69) is 21.2 Å². The lowest BCUT2D eigenvalue weighted by atomic mass is 10.2. The molecule has 2 rings (SSSR count). The Bertz CT molecular complexity index is 696. The van der Waals surface area contributed by atoms with Crippen LogP contribution < -0.4 is 5.32 Å². The second kappa shape index (κ2) is 7.99. The average molecular weight is 403 g/mol. The van der Waals surface area contributed by atoms with Crippen LogP contribution in [0.3, 0.4) is 0 Å². The number of anilines is 1. The van der Waals surface area contributed by atoms with Crippen molar-refractivity contribution in [1.82, 2.24) is 0 Å². The number of rotatable bonds is 5. The summed E-state index contributed by atoms with van der Waals surface area (Å²) in [5.74, 6) is 0.234. The zero-order valence-corrected chi connectivity index (χ0v) is 15.0. The average Bonchev–Trinajstić information content (AvgIpc) is 2.45. The van der Waals surface area contributed by atoms with Gasteiger partial charge in [0.1, 0.15) is 5.82 Å². The fraction of sp³-hybridized carbons (Fsp3) is 0.188. The molecule has 0 saturated heterocycles. The van der Waals surface area contributed by atoms with E-state index < -0.39 is 0 Å². The largest absolute Gasteiger partial charge is 0.325 e. The van der Waals surface area contributed by atoms with Crippen molar-refractivity contribution < 1.29 is 9.18 Å². The number of halogens is 3. The number of carbonyl (C=O) groups excluding carboxylic acids is 1. The van der Waals surface area contributed by atoms with Crippen molar-refractivity contribution in [2.45, 2.75) is 12.7 Å². The van der Waals surface area contributed by atoms with Gasteiger partial charge >= 0.3 is 0 Å². The van der Waals surface area contributed by atoms with Gasteiger partial charge in [-0.2, -0.15) is 0 Å². The molecule has 22 heavy (non-hydrogen) atoms. The Morgan fingerprint density at radius 3 is 2.77 bits per heavy atom. The first-order chi connectivity index (χ1) is 10.5. The van der Waals surface area contributed by atoms with Crippen LogP contribution in [0, 0.1) is 12.7 Å². The molecule has 0 atom stereocenters. The van der Waals surface area contributed by atoms with Crippen LogP contribution in [0.4, 0.5) is 10.1 Å². The molecule has 1 N–H and O–H groups in total. The molecule has 2 nitrogen and oxygen atoms in total. The molecule has 0 aliphatic heterocycles. The van der Waals surface area contributed by atoms with Gasteiger partial charge in [-0.25, -0.2) is 4.39 Å². The number of benzene rings is 2. The number of carbonyl (C=O) groups is 1. The minimum Gasteiger partial charge on any atom is -0.325 e. The van der Waals surface area contributed by atoms with Crippen LogP contribution in [0.15, 0.2) is 40.9 Å². The van der Waals surface area contributed by atoms with Crippen molar-refractivity contribution in [2.75, 3.05) is 11.1 Å². The van der Waals surface area contributed by atoms with E-state index in [4.69, 9.17) is 11.6 Å². The third-order valence-corrected chi connectivity index (χ3v) is 5.05. The molecule has 0 aliphatic carbocycles. The molecular weight excluding hydrogens is 389 g/mol. The summed E-state index contributed by atoms with van der Waals surface area (Å²) < 4.78 is 14.6. The van der Waals surface area contributed by atoms with Crippen molar-refractivity contribution >= 4 is 50.9 Å². The molecule has 0 radical (unpaired) electrons. The molecule has 116 valence electrons. The van der Waals surface area contributed by atoms with Crippen LogP contribution in [-0.4, -0.2) is 11.7 Å². The van der Waals surface area contributed by atoms with Gasteiger partial charge < -0.3 is 5.32 Å². The quantitative estimate of drug-likeness (QED) is 0.723. The maximum atomic E-state index is 13.6. The van der Waals surface area contributed by atoms with E-state index in [1.807, 2.05) is 25.1 Å². The minimum absolute atomic E-state index is 0.110. The van der Waals surface area contributed by atoms with Gasteiger partial charge in [-0.15, -0.1) is 11.8 Å². The van der Waals surface area contributed by atoms with Crippen molar-refractivity contribution in [3.05, 3.63) is 62.8 Å². The summed E-state index contributed by atoms with van der Waals surface area (Å²) in [5.41, 5.74) is 2.35. The van der Waals surface area contributed by atoms with E-state index in [0.717, 1.165) is 15.7 Å². The second-order valence-corrected chi connectivity index (χ2v) is 7.02. The fourth-order valence-corrected chi connectivity index (χ4v) is 3.03. The van der Waals surface area contributed by atoms with E-state index in [1.165, 1.54) is 17.8 Å². The van der Waals surface area contributed by atoms with Crippen molar-refractivity contribution in [2.24, 2.45) is 0 Å². The van der Waals surface area contributed by atoms with Crippen LogP contribution in [0.25, 0.3) is 0 Å². The minimum atomic E-state index is -0.344. The zero-order valence-electron chi connectivity index (χ0n) is 11.8. The van der Waals surface area contributed by atoms with Gasteiger partial charge in [0.05, 0.1) is 5.75 Å². The summed E-state index contributed by atoms with van der Waals surface area (Å²) in [6.45, 7) is 1.96. The maximum Gasteiger partial charge on any atom is 0.234 e. The summed E-state index contributed by atoms with van der Waals surface area (Å²) in [6.07, 6.45) is 0. The SMILES string of the molecule is Cc1cc(NC(=O)CSCc2ccc(Cl)cc2F)ccc1Br. The Morgan fingerprint density at radius 2 is 2.09 bits per heavy atom. The summed E-state index contributed by atoms with van der Waals surface area (Å²) in [7, 11) is 0. The number of thioether (sulfide) groups is 1. The topological polar surface area (TPSA) is 29.1 Å². The maximum absolute atomic E-state index is 13.6. The first-order valence-corrected chi connectivity index (χ1v) is 8.86. The monoisotopic (exact) mass is 401 g/mol. The summed E-state index contributed by atoms with van der Waals surface area (Å²) >= 11 is 10.5. The van der Waals surface area contributed by atoms with Crippen LogP contribution in [-0.2, 0) is 10.5 Å². The van der Waals surface area contributed by atoms with Crippen molar-refractivity contribution in [1.29, 1.82) is 0 Å². The highest BCUT2D eigenvalue weighted by molar-refractivity contribution is 9.10. The van der Waals surface area contributed by atoms with Crippen LogP contribution >= 0.6 is 39.3 Å². The van der Waals surface area contributed by atoms with Gasteiger partial charge in [0, 0.05) is 20.9 Å². The normalized spacial score (nSPS) is 10.5. The lowest BCUT2D eigenvalue weighted by Crippen LogP contribution is -2.14. The van der Waals surface area contributed by atoms with Crippen LogP contribution in [0.5, 0.6) is 0 Å². The highest BCUT2D eigenvalue weighted by Crippen LogP contribution is 2.21. The fourth-order valence-electron chi connectivity index (χ4n) is 1.81. The van der Waals surface area contributed by atoms with E-state index in [1.54, 1.807) is 12.1 Å². The molecular formula is C16H14BrClFNOS. The van der Waals surface area contributed by atoms with Crippen molar-refractivity contribution in [3.63, 3.8) is 0 Å². The highest BCUT2D eigenvalue weighted by atomic mass is 79.9. The lowest BCUT2D eigenvalue weighted by Gasteiger charge is -2.07. The van der Waals surface area contributed by atoms with Crippen molar-refractivity contribution in [3.8, 4) is 0 Å². The number of amides is 1. The molecule has 2 aromatic carbocycles. The van der Waals surface area contributed by atoms with Gasteiger partial charge in [-0.05, 0) is 48.4 Å². The Kier molecular flexibility index (Phi) is 6.29. The molecule has 0 fully saturated rings. The summed E-state index contributed by atoms with van der Waals surface area (Å²) in [5, 5.41) is 3.19. The second-order valence-electron chi connectivity index (χ2n) is 4.74. The molecule has 0 spiro atoms. The Balaban J connectivity index is 1.83. The molecule has 0 aromatic heterocycles. The Morgan fingerprint density at radius 1 is 1.32 bits per heavy atom. The molecule has 0 saturated carbocycles. The van der Waals surface area contributed by atoms with Gasteiger partial charge in [-0.3, -0.25) is 4.79 Å². The standard InChI is InChI=1S/C16H14BrClFNOS/c1-10-6-13(4-5-14(10)17)20-16(21)9-22-8-11-2-3-12(18)7-15(11)19/h2-7H,8-9H2,1H3,(H,20,21).